The van der Waals surface area contributed by atoms with Crippen LogP contribution in [-0.2, 0) is 0 Å². The van der Waals surface area contributed by atoms with Gasteiger partial charge in [-0.2, -0.15) is 0 Å². The third kappa shape index (κ3) is 3.03. The molecule has 2 N–H and O–H groups in total. The molecule has 1 atom stereocenters. The van der Waals surface area contributed by atoms with Crippen LogP contribution in [0.15, 0.2) is 18.3 Å². The molecule has 0 spiro atoms. The van der Waals surface area contributed by atoms with E-state index in [1.54, 1.807) is 6.20 Å². The minimum absolute atomic E-state index is 0.0283. The first-order valence-corrected chi connectivity index (χ1v) is 4.48. The van der Waals surface area contributed by atoms with Gasteiger partial charge in [0.25, 0.3) is 0 Å². The van der Waals surface area contributed by atoms with E-state index in [4.69, 9.17) is 10.5 Å². The average Bonchev–Trinajstić information content (AvgIpc) is 2.04. The molecule has 0 fully saturated rings. The van der Waals surface area contributed by atoms with Crippen LogP contribution < -0.4 is 10.5 Å². The molecule has 0 saturated carbocycles. The van der Waals surface area contributed by atoms with Crippen molar-refractivity contribution in [2.45, 2.75) is 32.9 Å². The van der Waals surface area contributed by atoms with E-state index in [1.165, 1.54) is 0 Å². The van der Waals surface area contributed by atoms with Gasteiger partial charge in [0, 0.05) is 18.3 Å². The van der Waals surface area contributed by atoms with Gasteiger partial charge in [-0.1, -0.05) is 6.07 Å². The molecule has 13 heavy (non-hydrogen) atoms. The van der Waals surface area contributed by atoms with Gasteiger partial charge in [-0.25, -0.2) is 4.98 Å². The van der Waals surface area contributed by atoms with Gasteiger partial charge in [-0.3, -0.25) is 0 Å². The summed E-state index contributed by atoms with van der Waals surface area (Å²) in [6.07, 6.45) is 1.91. The zero-order chi connectivity index (χ0) is 9.84. The van der Waals surface area contributed by atoms with Gasteiger partial charge in [-0.15, -0.1) is 0 Å². The summed E-state index contributed by atoms with van der Waals surface area (Å²) in [5.74, 6) is 0.652. The molecular weight excluding hydrogens is 164 g/mol. The SMILES string of the molecule is CC(C)Oc1ccc([C@H](C)N)cn1. The highest BCUT2D eigenvalue weighted by atomic mass is 16.5. The van der Waals surface area contributed by atoms with Gasteiger partial charge in [-0.05, 0) is 26.3 Å². The maximum atomic E-state index is 5.68. The third-order valence-electron chi connectivity index (χ3n) is 1.64. The van der Waals surface area contributed by atoms with Crippen LogP contribution >= 0.6 is 0 Å². The molecule has 1 aromatic rings. The molecule has 72 valence electrons. The molecule has 0 aromatic carbocycles. The van der Waals surface area contributed by atoms with Crippen LogP contribution in [0.25, 0.3) is 0 Å². The Morgan fingerprint density at radius 3 is 2.38 bits per heavy atom. The largest absolute Gasteiger partial charge is 0.475 e. The minimum Gasteiger partial charge on any atom is -0.475 e. The van der Waals surface area contributed by atoms with Crippen LogP contribution in [-0.4, -0.2) is 11.1 Å². The summed E-state index contributed by atoms with van der Waals surface area (Å²) in [6.45, 7) is 5.88. The standard InChI is InChI=1S/C10H16N2O/c1-7(2)13-10-5-4-9(6-12-10)8(3)11/h4-8H,11H2,1-3H3/t8-/m0/s1. The number of aromatic nitrogens is 1. The molecular formula is C10H16N2O. The smallest absolute Gasteiger partial charge is 0.213 e. The van der Waals surface area contributed by atoms with Gasteiger partial charge in [0.05, 0.1) is 6.10 Å². The van der Waals surface area contributed by atoms with E-state index in [-0.39, 0.29) is 12.1 Å². The second kappa shape index (κ2) is 4.23. The number of ether oxygens (including phenoxy) is 1. The number of nitrogens with zero attached hydrogens (tertiary/aromatic N) is 1. The minimum atomic E-state index is 0.0283. The Kier molecular flexibility index (Phi) is 3.25. The summed E-state index contributed by atoms with van der Waals surface area (Å²) in [6, 6.07) is 3.81. The molecule has 3 nitrogen and oxygen atoms in total. The number of hydrogen-bond acceptors (Lipinski definition) is 3. The lowest BCUT2D eigenvalue weighted by Crippen LogP contribution is -2.08. The second-order valence-electron chi connectivity index (χ2n) is 3.39. The van der Waals surface area contributed by atoms with E-state index in [9.17, 15) is 0 Å². The van der Waals surface area contributed by atoms with E-state index >= 15 is 0 Å². The first kappa shape index (κ1) is 9.99. The van der Waals surface area contributed by atoms with Crippen LogP contribution in [0.5, 0.6) is 5.88 Å². The Bertz CT molecular complexity index is 254. The van der Waals surface area contributed by atoms with Crippen molar-refractivity contribution in [1.82, 2.24) is 4.98 Å². The van der Waals surface area contributed by atoms with Gasteiger partial charge in [0.2, 0.25) is 5.88 Å². The summed E-state index contributed by atoms with van der Waals surface area (Å²) in [5.41, 5.74) is 6.71. The lowest BCUT2D eigenvalue weighted by molar-refractivity contribution is 0.232. The molecule has 0 bridgehead atoms. The van der Waals surface area contributed by atoms with Crippen molar-refractivity contribution in [2.75, 3.05) is 0 Å². The van der Waals surface area contributed by atoms with Gasteiger partial charge in [0.15, 0.2) is 0 Å². The monoisotopic (exact) mass is 180 g/mol. The number of pyridine rings is 1. The highest BCUT2D eigenvalue weighted by Crippen LogP contribution is 2.13. The lowest BCUT2D eigenvalue weighted by atomic mass is 10.2. The topological polar surface area (TPSA) is 48.1 Å². The summed E-state index contributed by atoms with van der Waals surface area (Å²) < 4.78 is 5.40. The predicted molar refractivity (Wildman–Crippen MR) is 52.6 cm³/mol. The normalized spacial score (nSPS) is 13.0. The summed E-state index contributed by atoms with van der Waals surface area (Å²) in [4.78, 5) is 4.14. The van der Waals surface area contributed by atoms with Crippen molar-refractivity contribution in [3.63, 3.8) is 0 Å². The van der Waals surface area contributed by atoms with Crippen molar-refractivity contribution in [1.29, 1.82) is 0 Å². The van der Waals surface area contributed by atoms with E-state index in [0.29, 0.717) is 5.88 Å². The summed E-state index contributed by atoms with van der Waals surface area (Å²) in [5, 5.41) is 0. The fraction of sp³-hybridized carbons (Fsp3) is 0.500. The fourth-order valence-electron chi connectivity index (χ4n) is 0.972. The molecule has 3 heteroatoms. The Balaban J connectivity index is 2.70. The highest BCUT2D eigenvalue weighted by molar-refractivity contribution is 5.20. The van der Waals surface area contributed by atoms with Crippen molar-refractivity contribution < 1.29 is 4.74 Å². The van der Waals surface area contributed by atoms with Gasteiger partial charge < -0.3 is 10.5 Å². The molecule has 0 aliphatic heterocycles. The molecule has 0 aliphatic carbocycles. The molecule has 0 aliphatic rings. The second-order valence-corrected chi connectivity index (χ2v) is 3.39. The zero-order valence-corrected chi connectivity index (χ0v) is 8.32. The van der Waals surface area contributed by atoms with E-state index in [0.717, 1.165) is 5.56 Å². The summed E-state index contributed by atoms with van der Waals surface area (Å²) in [7, 11) is 0. The number of hydrogen-bond donors (Lipinski definition) is 1. The molecule has 1 aromatic heterocycles. The van der Waals surface area contributed by atoms with Crippen LogP contribution in [0.3, 0.4) is 0 Å². The molecule has 0 saturated heterocycles. The van der Waals surface area contributed by atoms with Crippen molar-refractivity contribution in [3.8, 4) is 5.88 Å². The lowest BCUT2D eigenvalue weighted by Gasteiger charge is -2.09. The third-order valence-corrected chi connectivity index (χ3v) is 1.64. The van der Waals surface area contributed by atoms with E-state index in [2.05, 4.69) is 4.98 Å². The average molecular weight is 180 g/mol. The van der Waals surface area contributed by atoms with Crippen LogP contribution in [0.1, 0.15) is 32.4 Å². The predicted octanol–water partition coefficient (Wildman–Crippen LogP) is 1.89. The summed E-state index contributed by atoms with van der Waals surface area (Å²) >= 11 is 0. The van der Waals surface area contributed by atoms with E-state index < -0.39 is 0 Å². The molecule has 0 radical (unpaired) electrons. The number of nitrogens with two attached hydrogens (primary N) is 1. The number of rotatable bonds is 3. The van der Waals surface area contributed by atoms with Crippen molar-refractivity contribution in [2.24, 2.45) is 5.73 Å². The quantitative estimate of drug-likeness (QED) is 0.772. The van der Waals surface area contributed by atoms with Crippen molar-refractivity contribution >= 4 is 0 Å². The van der Waals surface area contributed by atoms with E-state index in [1.807, 2.05) is 32.9 Å². The van der Waals surface area contributed by atoms with Crippen LogP contribution in [0.2, 0.25) is 0 Å². The van der Waals surface area contributed by atoms with Gasteiger partial charge >= 0.3 is 0 Å². The molecule has 0 unspecified atom stereocenters. The highest BCUT2D eigenvalue weighted by Gasteiger charge is 2.01. The Morgan fingerprint density at radius 2 is 2.00 bits per heavy atom. The van der Waals surface area contributed by atoms with Crippen LogP contribution in [0.4, 0.5) is 0 Å². The fourth-order valence-corrected chi connectivity index (χ4v) is 0.972. The van der Waals surface area contributed by atoms with Gasteiger partial charge in [0.1, 0.15) is 0 Å². The maximum Gasteiger partial charge on any atom is 0.213 e. The Hall–Kier alpha value is -1.09. The molecule has 0 amide bonds. The Morgan fingerprint density at radius 1 is 1.31 bits per heavy atom. The first-order valence-electron chi connectivity index (χ1n) is 4.48. The maximum absolute atomic E-state index is 5.68. The van der Waals surface area contributed by atoms with Crippen molar-refractivity contribution in [3.05, 3.63) is 23.9 Å². The van der Waals surface area contributed by atoms with Crippen LogP contribution in [0, 0.1) is 0 Å². The zero-order valence-electron chi connectivity index (χ0n) is 8.32. The Labute approximate surface area is 78.9 Å². The molecule has 1 rings (SSSR count). The first-order chi connectivity index (χ1) is 6.09. The molecule has 1 heterocycles.